The second-order valence-electron chi connectivity index (χ2n) is 4.56. The third kappa shape index (κ3) is 3.31. The number of nitrogens with one attached hydrogen (secondary N) is 2. The highest BCUT2D eigenvalue weighted by molar-refractivity contribution is 5.94. The van der Waals surface area contributed by atoms with Gasteiger partial charge in [0.1, 0.15) is 0 Å². The van der Waals surface area contributed by atoms with E-state index in [1.54, 1.807) is 24.3 Å². The van der Waals surface area contributed by atoms with E-state index in [4.69, 9.17) is 5.26 Å². The number of carbonyl (C=O) groups excluding carboxylic acids is 1. The first-order chi connectivity index (χ1) is 8.79. The van der Waals surface area contributed by atoms with Gasteiger partial charge in [0.25, 0.3) is 5.91 Å². The highest BCUT2D eigenvalue weighted by Gasteiger charge is 2.15. The Hall–Kier alpha value is -1.86. The molecule has 4 nitrogen and oxygen atoms in total. The van der Waals surface area contributed by atoms with Crippen molar-refractivity contribution in [1.29, 1.82) is 5.26 Å². The van der Waals surface area contributed by atoms with Crippen molar-refractivity contribution in [2.75, 3.05) is 13.1 Å². The van der Waals surface area contributed by atoms with Gasteiger partial charge >= 0.3 is 0 Å². The summed E-state index contributed by atoms with van der Waals surface area (Å²) in [6.07, 6.45) is 3.34. The molecule has 0 aromatic heterocycles. The first kappa shape index (κ1) is 12.6. The molecule has 0 aliphatic carbocycles. The molecule has 94 valence electrons. The predicted molar refractivity (Wildman–Crippen MR) is 69.1 cm³/mol. The van der Waals surface area contributed by atoms with E-state index in [9.17, 15) is 4.79 Å². The lowest BCUT2D eigenvalue weighted by Gasteiger charge is -2.16. The molecule has 0 saturated carbocycles. The maximum absolute atomic E-state index is 12.0. The minimum atomic E-state index is -0.0619. The molecule has 0 spiro atoms. The van der Waals surface area contributed by atoms with Crippen molar-refractivity contribution in [2.24, 2.45) is 0 Å². The smallest absolute Gasteiger partial charge is 0.251 e. The molecule has 18 heavy (non-hydrogen) atoms. The SMILES string of the molecule is N#Cc1ccc(C(=O)NC2CCCCNC2)cc1. The number of hydrogen-bond donors (Lipinski definition) is 2. The van der Waals surface area contributed by atoms with Gasteiger partial charge in [-0.05, 0) is 43.7 Å². The Bertz CT molecular complexity index is 439. The Morgan fingerprint density at radius 2 is 2.11 bits per heavy atom. The van der Waals surface area contributed by atoms with Crippen LogP contribution in [0, 0.1) is 11.3 Å². The lowest BCUT2D eigenvalue weighted by atomic mass is 10.1. The Kier molecular flexibility index (Phi) is 4.32. The lowest BCUT2D eigenvalue weighted by Crippen LogP contribution is -2.40. The molecule has 1 heterocycles. The summed E-state index contributed by atoms with van der Waals surface area (Å²) < 4.78 is 0. The average molecular weight is 243 g/mol. The molecule has 0 bridgehead atoms. The van der Waals surface area contributed by atoms with Crippen LogP contribution in [0.15, 0.2) is 24.3 Å². The van der Waals surface area contributed by atoms with Crippen molar-refractivity contribution in [3.05, 3.63) is 35.4 Å². The quantitative estimate of drug-likeness (QED) is 0.826. The summed E-state index contributed by atoms with van der Waals surface area (Å²) in [4.78, 5) is 12.0. The van der Waals surface area contributed by atoms with E-state index in [0.29, 0.717) is 11.1 Å². The first-order valence-electron chi connectivity index (χ1n) is 6.31. The van der Waals surface area contributed by atoms with E-state index in [1.807, 2.05) is 6.07 Å². The predicted octanol–water partition coefficient (Wildman–Crippen LogP) is 1.43. The highest BCUT2D eigenvalue weighted by Crippen LogP contribution is 2.07. The fourth-order valence-corrected chi connectivity index (χ4v) is 2.11. The Labute approximate surface area is 107 Å². The van der Waals surface area contributed by atoms with Crippen LogP contribution in [0.25, 0.3) is 0 Å². The van der Waals surface area contributed by atoms with Crippen molar-refractivity contribution >= 4 is 5.91 Å². The van der Waals surface area contributed by atoms with Gasteiger partial charge in [0.15, 0.2) is 0 Å². The largest absolute Gasteiger partial charge is 0.348 e. The van der Waals surface area contributed by atoms with Crippen LogP contribution in [0.1, 0.15) is 35.2 Å². The zero-order valence-corrected chi connectivity index (χ0v) is 10.3. The maximum atomic E-state index is 12.0. The molecule has 0 radical (unpaired) electrons. The molecule has 1 aromatic carbocycles. The number of nitrogens with zero attached hydrogens (tertiary/aromatic N) is 1. The molecule has 1 atom stereocenters. The van der Waals surface area contributed by atoms with Gasteiger partial charge in [-0.2, -0.15) is 5.26 Å². The molecule has 1 fully saturated rings. The van der Waals surface area contributed by atoms with Crippen LogP contribution in [-0.2, 0) is 0 Å². The molecule has 1 aliphatic rings. The Balaban J connectivity index is 1.95. The van der Waals surface area contributed by atoms with E-state index in [2.05, 4.69) is 10.6 Å². The second-order valence-corrected chi connectivity index (χ2v) is 4.56. The third-order valence-corrected chi connectivity index (χ3v) is 3.16. The molecule has 2 rings (SSSR count). The summed E-state index contributed by atoms with van der Waals surface area (Å²) in [6.45, 7) is 1.87. The number of nitriles is 1. The number of amides is 1. The van der Waals surface area contributed by atoms with Crippen LogP contribution < -0.4 is 10.6 Å². The molecule has 1 unspecified atom stereocenters. The minimum absolute atomic E-state index is 0.0619. The molecule has 1 amide bonds. The van der Waals surface area contributed by atoms with Gasteiger partial charge in [-0.25, -0.2) is 0 Å². The van der Waals surface area contributed by atoms with Gasteiger partial charge in [0.05, 0.1) is 11.6 Å². The van der Waals surface area contributed by atoms with Gasteiger partial charge in [-0.3, -0.25) is 4.79 Å². The van der Waals surface area contributed by atoms with Crippen molar-refractivity contribution in [2.45, 2.75) is 25.3 Å². The lowest BCUT2D eigenvalue weighted by molar-refractivity contribution is 0.0935. The number of benzene rings is 1. The highest BCUT2D eigenvalue weighted by atomic mass is 16.1. The van der Waals surface area contributed by atoms with Gasteiger partial charge in [0, 0.05) is 18.2 Å². The zero-order chi connectivity index (χ0) is 12.8. The molecule has 2 N–H and O–H groups in total. The zero-order valence-electron chi connectivity index (χ0n) is 10.3. The van der Waals surface area contributed by atoms with Crippen molar-refractivity contribution in [1.82, 2.24) is 10.6 Å². The van der Waals surface area contributed by atoms with Crippen LogP contribution in [0.3, 0.4) is 0 Å². The van der Waals surface area contributed by atoms with Gasteiger partial charge in [-0.1, -0.05) is 6.42 Å². The van der Waals surface area contributed by atoms with Gasteiger partial charge in [-0.15, -0.1) is 0 Å². The van der Waals surface area contributed by atoms with Crippen molar-refractivity contribution in [3.63, 3.8) is 0 Å². The van der Waals surface area contributed by atoms with Gasteiger partial charge in [0.2, 0.25) is 0 Å². The van der Waals surface area contributed by atoms with Gasteiger partial charge < -0.3 is 10.6 Å². The fourth-order valence-electron chi connectivity index (χ4n) is 2.11. The normalized spacial score (nSPS) is 19.6. The van der Waals surface area contributed by atoms with E-state index in [1.165, 1.54) is 6.42 Å². The number of hydrogen-bond acceptors (Lipinski definition) is 3. The molecular formula is C14H17N3O. The molecule has 1 saturated heterocycles. The summed E-state index contributed by atoms with van der Waals surface area (Å²) in [7, 11) is 0. The molecule has 1 aliphatic heterocycles. The Morgan fingerprint density at radius 1 is 1.33 bits per heavy atom. The topological polar surface area (TPSA) is 64.9 Å². The summed E-state index contributed by atoms with van der Waals surface area (Å²) in [6, 6.07) is 8.96. The molecule has 4 heteroatoms. The number of carbonyl (C=O) groups is 1. The van der Waals surface area contributed by atoms with E-state index in [0.717, 1.165) is 25.9 Å². The van der Waals surface area contributed by atoms with Crippen LogP contribution in [0.5, 0.6) is 0 Å². The first-order valence-corrected chi connectivity index (χ1v) is 6.31. The van der Waals surface area contributed by atoms with Crippen LogP contribution in [0.2, 0.25) is 0 Å². The van der Waals surface area contributed by atoms with Crippen molar-refractivity contribution < 1.29 is 4.79 Å². The maximum Gasteiger partial charge on any atom is 0.251 e. The minimum Gasteiger partial charge on any atom is -0.348 e. The third-order valence-electron chi connectivity index (χ3n) is 3.16. The summed E-state index contributed by atoms with van der Waals surface area (Å²) in [5, 5.41) is 15.0. The summed E-state index contributed by atoms with van der Waals surface area (Å²) in [5.74, 6) is -0.0619. The average Bonchev–Trinajstić information content (AvgIpc) is 2.67. The monoisotopic (exact) mass is 243 g/mol. The van der Waals surface area contributed by atoms with E-state index < -0.39 is 0 Å². The standard InChI is InChI=1S/C14H17N3O/c15-9-11-4-6-12(7-5-11)14(18)17-13-3-1-2-8-16-10-13/h4-7,13,16H,1-3,8,10H2,(H,17,18). The van der Waals surface area contributed by atoms with E-state index in [-0.39, 0.29) is 11.9 Å². The van der Waals surface area contributed by atoms with Crippen molar-refractivity contribution in [3.8, 4) is 6.07 Å². The van der Waals surface area contributed by atoms with Crippen LogP contribution in [0.4, 0.5) is 0 Å². The fraction of sp³-hybridized carbons (Fsp3) is 0.429. The summed E-state index contributed by atoms with van der Waals surface area (Å²) >= 11 is 0. The summed E-state index contributed by atoms with van der Waals surface area (Å²) in [5.41, 5.74) is 1.18. The number of rotatable bonds is 2. The van der Waals surface area contributed by atoms with Crippen LogP contribution in [-0.4, -0.2) is 25.0 Å². The molecule has 1 aromatic rings. The van der Waals surface area contributed by atoms with E-state index >= 15 is 0 Å². The van der Waals surface area contributed by atoms with Crippen LogP contribution >= 0.6 is 0 Å². The Morgan fingerprint density at radius 3 is 2.83 bits per heavy atom. The molecular weight excluding hydrogens is 226 g/mol. The second kappa shape index (κ2) is 6.18.